The zero-order valence-corrected chi connectivity index (χ0v) is 8.01. The zero-order valence-electron chi connectivity index (χ0n) is 8.01. The number of aliphatic carboxylic acids is 1. The van der Waals surface area contributed by atoms with Crippen LogP contribution in [0.4, 0.5) is 0 Å². The van der Waals surface area contributed by atoms with Crippen LogP contribution < -0.4 is 4.74 Å². The molecule has 0 spiro atoms. The number of phenols is 1. The van der Waals surface area contributed by atoms with Crippen LogP contribution in [0.25, 0.3) is 0 Å². The topological polar surface area (TPSA) is 104 Å². The van der Waals surface area contributed by atoms with Crippen molar-refractivity contribution in [2.24, 2.45) is 0 Å². The van der Waals surface area contributed by atoms with E-state index in [2.05, 4.69) is 6.58 Å². The fourth-order valence-electron chi connectivity index (χ4n) is 0.936. The Bertz CT molecular complexity index is 462. The molecule has 6 nitrogen and oxygen atoms in total. The Hall–Kier alpha value is -2.50. The van der Waals surface area contributed by atoms with Crippen molar-refractivity contribution in [3.05, 3.63) is 36.1 Å². The lowest BCUT2D eigenvalue weighted by Crippen LogP contribution is -2.06. The number of carboxylic acids is 2. The first-order valence-electron chi connectivity index (χ1n) is 4.08. The van der Waals surface area contributed by atoms with Crippen LogP contribution in [-0.2, 0) is 4.79 Å². The molecule has 0 aromatic heterocycles. The average molecular weight is 224 g/mol. The van der Waals surface area contributed by atoms with Crippen molar-refractivity contribution in [1.82, 2.24) is 0 Å². The molecule has 0 amide bonds. The van der Waals surface area contributed by atoms with E-state index in [0.29, 0.717) is 0 Å². The van der Waals surface area contributed by atoms with E-state index in [9.17, 15) is 14.7 Å². The van der Waals surface area contributed by atoms with Gasteiger partial charge >= 0.3 is 11.9 Å². The number of ether oxygens (including phenoxy) is 1. The molecule has 1 aromatic carbocycles. The van der Waals surface area contributed by atoms with Crippen molar-refractivity contribution in [3.8, 4) is 11.5 Å². The molecule has 1 aromatic rings. The number of aromatic hydroxyl groups is 1. The smallest absolute Gasteiger partial charge is 0.371 e. The van der Waals surface area contributed by atoms with Crippen LogP contribution in [0.5, 0.6) is 11.5 Å². The van der Waals surface area contributed by atoms with Crippen molar-refractivity contribution < 1.29 is 29.6 Å². The summed E-state index contributed by atoms with van der Waals surface area (Å²) >= 11 is 0. The maximum absolute atomic E-state index is 10.6. The van der Waals surface area contributed by atoms with E-state index >= 15 is 0 Å². The van der Waals surface area contributed by atoms with Gasteiger partial charge in [0.2, 0.25) is 5.76 Å². The van der Waals surface area contributed by atoms with Gasteiger partial charge < -0.3 is 20.1 Å². The summed E-state index contributed by atoms with van der Waals surface area (Å²) in [5.41, 5.74) is -0.379. The van der Waals surface area contributed by atoms with Crippen molar-refractivity contribution in [1.29, 1.82) is 0 Å². The Balaban J connectivity index is 3.00. The lowest BCUT2D eigenvalue weighted by Gasteiger charge is -2.06. The Labute approximate surface area is 90.0 Å². The predicted molar refractivity (Wildman–Crippen MR) is 52.5 cm³/mol. The van der Waals surface area contributed by atoms with Crippen LogP contribution in [0, 0.1) is 0 Å². The van der Waals surface area contributed by atoms with Gasteiger partial charge in [-0.3, -0.25) is 0 Å². The van der Waals surface area contributed by atoms with E-state index in [1.165, 1.54) is 6.07 Å². The first-order chi connectivity index (χ1) is 7.41. The minimum Gasteiger partial charge on any atom is -0.507 e. The third kappa shape index (κ3) is 2.50. The van der Waals surface area contributed by atoms with Crippen molar-refractivity contribution in [2.75, 3.05) is 0 Å². The molecule has 6 heteroatoms. The predicted octanol–water partition coefficient (Wildman–Crippen LogP) is 1.07. The fraction of sp³-hybridized carbons (Fsp3) is 0. The van der Waals surface area contributed by atoms with Gasteiger partial charge in [0.05, 0.1) is 0 Å². The summed E-state index contributed by atoms with van der Waals surface area (Å²) in [4.78, 5) is 21.0. The van der Waals surface area contributed by atoms with Crippen LogP contribution in [0.15, 0.2) is 30.5 Å². The van der Waals surface area contributed by atoms with Gasteiger partial charge in [-0.15, -0.1) is 0 Å². The Morgan fingerprint density at radius 1 is 1.25 bits per heavy atom. The largest absolute Gasteiger partial charge is 0.507 e. The second-order valence-electron chi connectivity index (χ2n) is 2.81. The maximum atomic E-state index is 10.6. The molecule has 0 aliphatic carbocycles. The molecule has 0 unspecified atom stereocenters. The summed E-state index contributed by atoms with van der Waals surface area (Å²) in [6.45, 7) is 3.11. The molecule has 0 heterocycles. The summed E-state index contributed by atoms with van der Waals surface area (Å²) in [5.74, 6) is -3.70. The minimum absolute atomic E-state index is 0.0254. The number of aromatic carboxylic acids is 1. The summed E-state index contributed by atoms with van der Waals surface area (Å²) in [5, 5.41) is 26.3. The highest BCUT2D eigenvalue weighted by Crippen LogP contribution is 2.23. The van der Waals surface area contributed by atoms with Gasteiger partial charge in [0, 0.05) is 0 Å². The second kappa shape index (κ2) is 4.35. The standard InChI is InChI=1S/C10H8O6/c1-5(9(12)13)16-6-2-3-8(11)7(4-6)10(14)15/h2-4,11H,1H2,(H,12,13)(H,14,15). The molecule has 0 bridgehead atoms. The summed E-state index contributed by atoms with van der Waals surface area (Å²) in [6, 6.07) is 3.33. The highest BCUT2D eigenvalue weighted by atomic mass is 16.5. The molecule has 16 heavy (non-hydrogen) atoms. The number of benzene rings is 1. The normalized spacial score (nSPS) is 9.50. The molecular formula is C10H8O6. The second-order valence-corrected chi connectivity index (χ2v) is 2.81. The van der Waals surface area contributed by atoms with Crippen LogP contribution in [0.1, 0.15) is 10.4 Å². The molecule has 0 aliphatic heterocycles. The van der Waals surface area contributed by atoms with Gasteiger partial charge in [-0.05, 0) is 24.8 Å². The summed E-state index contributed by atoms with van der Waals surface area (Å²) in [7, 11) is 0. The van der Waals surface area contributed by atoms with Crippen LogP contribution >= 0.6 is 0 Å². The molecule has 0 saturated heterocycles. The van der Waals surface area contributed by atoms with Crippen molar-refractivity contribution in [2.45, 2.75) is 0 Å². The minimum atomic E-state index is -1.36. The number of hydrogen-bond donors (Lipinski definition) is 3. The van der Waals surface area contributed by atoms with Crippen molar-refractivity contribution in [3.63, 3.8) is 0 Å². The van der Waals surface area contributed by atoms with E-state index in [1.54, 1.807) is 0 Å². The Kier molecular flexibility index (Phi) is 3.14. The average Bonchev–Trinajstić information content (AvgIpc) is 2.20. The fourth-order valence-corrected chi connectivity index (χ4v) is 0.936. The molecule has 1 rings (SSSR count). The zero-order chi connectivity index (χ0) is 12.3. The Morgan fingerprint density at radius 2 is 1.88 bits per heavy atom. The first-order valence-corrected chi connectivity index (χ1v) is 4.08. The third-order valence-corrected chi connectivity index (χ3v) is 1.68. The van der Waals surface area contributed by atoms with Crippen molar-refractivity contribution >= 4 is 11.9 Å². The molecular weight excluding hydrogens is 216 g/mol. The number of carboxylic acid groups (broad SMARTS) is 2. The van der Waals surface area contributed by atoms with E-state index in [1.807, 2.05) is 0 Å². The van der Waals surface area contributed by atoms with Gasteiger partial charge in [-0.1, -0.05) is 0 Å². The number of rotatable bonds is 4. The van der Waals surface area contributed by atoms with Crippen LogP contribution in [0.2, 0.25) is 0 Å². The molecule has 0 saturated carbocycles. The van der Waals surface area contributed by atoms with Gasteiger partial charge in [-0.2, -0.15) is 0 Å². The summed E-state index contributed by atoms with van der Waals surface area (Å²) in [6.07, 6.45) is 0. The van der Waals surface area contributed by atoms with Gasteiger partial charge in [0.25, 0.3) is 0 Å². The first kappa shape index (κ1) is 11.6. The molecule has 0 radical (unpaired) electrons. The van der Waals surface area contributed by atoms with E-state index in [0.717, 1.165) is 12.1 Å². The third-order valence-electron chi connectivity index (χ3n) is 1.68. The highest BCUT2D eigenvalue weighted by Gasteiger charge is 2.13. The molecule has 0 aliphatic rings. The molecule has 0 atom stereocenters. The van der Waals surface area contributed by atoms with E-state index < -0.39 is 23.4 Å². The van der Waals surface area contributed by atoms with E-state index in [4.69, 9.17) is 14.9 Å². The van der Waals surface area contributed by atoms with E-state index in [-0.39, 0.29) is 11.3 Å². The molecule has 3 N–H and O–H groups in total. The van der Waals surface area contributed by atoms with Gasteiger partial charge in [0.1, 0.15) is 17.1 Å². The Morgan fingerprint density at radius 3 is 2.38 bits per heavy atom. The SMILES string of the molecule is C=C(Oc1ccc(O)c(C(=O)O)c1)C(=O)O. The monoisotopic (exact) mass is 224 g/mol. The number of hydrogen-bond acceptors (Lipinski definition) is 4. The van der Waals surface area contributed by atoms with Crippen LogP contribution in [-0.4, -0.2) is 27.3 Å². The van der Waals surface area contributed by atoms with Gasteiger partial charge in [-0.25, -0.2) is 9.59 Å². The lowest BCUT2D eigenvalue weighted by atomic mass is 10.2. The maximum Gasteiger partial charge on any atom is 0.371 e. The molecule has 0 fully saturated rings. The van der Waals surface area contributed by atoms with Crippen LogP contribution in [0.3, 0.4) is 0 Å². The molecule has 84 valence electrons. The quantitative estimate of drug-likeness (QED) is 0.522. The number of carbonyl (C=O) groups is 2. The lowest BCUT2D eigenvalue weighted by molar-refractivity contribution is -0.135. The highest BCUT2D eigenvalue weighted by molar-refractivity contribution is 5.91. The summed E-state index contributed by atoms with van der Waals surface area (Å²) < 4.78 is 4.75. The van der Waals surface area contributed by atoms with Gasteiger partial charge in [0.15, 0.2) is 0 Å².